The number of carbonyl (C=O) groups is 1. The highest BCUT2D eigenvalue weighted by molar-refractivity contribution is 7.89. The van der Waals surface area contributed by atoms with Gasteiger partial charge in [-0.05, 0) is 19.1 Å². The normalized spacial score (nSPS) is 13.8. The van der Waals surface area contributed by atoms with Gasteiger partial charge >= 0.3 is 12.1 Å². The number of carbonyl (C=O) groups excluding carboxylic acids is 1. The monoisotopic (exact) mass is 311 g/mol. The van der Waals surface area contributed by atoms with E-state index in [4.69, 9.17) is 0 Å². The summed E-state index contributed by atoms with van der Waals surface area (Å²) in [5, 5.41) is 0. The van der Waals surface area contributed by atoms with E-state index < -0.39 is 28.2 Å². The van der Waals surface area contributed by atoms with Crippen LogP contribution in [0.25, 0.3) is 0 Å². The summed E-state index contributed by atoms with van der Waals surface area (Å²) in [5.74, 6) is -1.73. The van der Waals surface area contributed by atoms with Crippen LogP contribution in [0.1, 0.15) is 5.56 Å². The second-order valence-corrected chi connectivity index (χ2v) is 5.65. The summed E-state index contributed by atoms with van der Waals surface area (Å²) < 4.78 is 66.8. The SMILES string of the molecule is COC(=O)C(NS(=O)(=O)c1ccc(C)cc1)C(F)(F)F. The third-order valence-corrected chi connectivity index (χ3v) is 3.81. The van der Waals surface area contributed by atoms with Crippen LogP contribution >= 0.6 is 0 Å². The Morgan fingerprint density at radius 1 is 1.25 bits per heavy atom. The summed E-state index contributed by atoms with van der Waals surface area (Å²) in [6.45, 7) is 1.69. The number of rotatable bonds is 4. The number of benzene rings is 1. The van der Waals surface area contributed by atoms with Gasteiger partial charge in [0.1, 0.15) is 0 Å². The highest BCUT2D eigenvalue weighted by atomic mass is 32.2. The van der Waals surface area contributed by atoms with Gasteiger partial charge in [-0.1, -0.05) is 17.7 Å². The van der Waals surface area contributed by atoms with Crippen LogP contribution in [-0.4, -0.2) is 33.7 Å². The molecule has 0 saturated carbocycles. The number of nitrogens with one attached hydrogen (secondary N) is 1. The van der Waals surface area contributed by atoms with Crippen LogP contribution in [0, 0.1) is 6.92 Å². The molecule has 0 bridgehead atoms. The topological polar surface area (TPSA) is 72.5 Å². The molecular formula is C11H12F3NO4S. The molecule has 112 valence electrons. The first-order chi connectivity index (χ1) is 9.08. The Kier molecular flexibility index (Phi) is 4.77. The smallest absolute Gasteiger partial charge is 0.415 e. The van der Waals surface area contributed by atoms with E-state index >= 15 is 0 Å². The van der Waals surface area contributed by atoms with Gasteiger partial charge in [0.05, 0.1) is 12.0 Å². The van der Waals surface area contributed by atoms with Gasteiger partial charge in [0, 0.05) is 0 Å². The fourth-order valence-electron chi connectivity index (χ4n) is 1.31. The largest absolute Gasteiger partial charge is 0.468 e. The van der Waals surface area contributed by atoms with Gasteiger partial charge in [-0.25, -0.2) is 13.2 Å². The summed E-state index contributed by atoms with van der Waals surface area (Å²) >= 11 is 0. The zero-order valence-electron chi connectivity index (χ0n) is 10.6. The molecule has 1 unspecified atom stereocenters. The van der Waals surface area contributed by atoms with Crippen LogP contribution in [-0.2, 0) is 19.6 Å². The van der Waals surface area contributed by atoms with Crippen molar-refractivity contribution >= 4 is 16.0 Å². The molecule has 5 nitrogen and oxygen atoms in total. The lowest BCUT2D eigenvalue weighted by atomic mass is 10.2. The molecule has 0 aliphatic rings. The molecule has 0 fully saturated rings. The summed E-state index contributed by atoms with van der Waals surface area (Å²) in [6, 6.07) is 2.19. The predicted molar refractivity (Wildman–Crippen MR) is 63.4 cm³/mol. The maximum absolute atomic E-state index is 12.6. The van der Waals surface area contributed by atoms with Gasteiger partial charge in [0.15, 0.2) is 0 Å². The van der Waals surface area contributed by atoms with E-state index in [1.54, 1.807) is 6.92 Å². The highest BCUT2D eigenvalue weighted by Crippen LogP contribution is 2.23. The van der Waals surface area contributed by atoms with Crippen molar-refractivity contribution in [2.75, 3.05) is 7.11 Å². The van der Waals surface area contributed by atoms with Crippen molar-refractivity contribution < 1.29 is 31.1 Å². The Bertz CT molecular complexity index is 581. The van der Waals surface area contributed by atoms with E-state index in [0.717, 1.165) is 24.8 Å². The molecule has 0 aromatic heterocycles. The van der Waals surface area contributed by atoms with Crippen molar-refractivity contribution in [3.05, 3.63) is 29.8 Å². The van der Waals surface area contributed by atoms with Crippen molar-refractivity contribution in [1.29, 1.82) is 0 Å². The maximum atomic E-state index is 12.6. The summed E-state index contributed by atoms with van der Waals surface area (Å²) in [7, 11) is -3.75. The lowest BCUT2D eigenvalue weighted by Crippen LogP contribution is -2.51. The Hall–Kier alpha value is -1.61. The van der Waals surface area contributed by atoms with E-state index in [1.165, 1.54) is 16.9 Å². The third-order valence-electron chi connectivity index (χ3n) is 2.37. The Morgan fingerprint density at radius 3 is 2.15 bits per heavy atom. The van der Waals surface area contributed by atoms with Crippen LogP contribution in [0.2, 0.25) is 0 Å². The molecule has 0 heterocycles. The number of aryl methyl sites for hydroxylation is 1. The zero-order chi connectivity index (χ0) is 15.6. The third kappa shape index (κ3) is 3.94. The first-order valence-corrected chi connectivity index (χ1v) is 6.80. The first-order valence-electron chi connectivity index (χ1n) is 5.31. The number of alkyl halides is 3. The summed E-state index contributed by atoms with van der Waals surface area (Å²) in [5.41, 5.74) is 0.740. The maximum Gasteiger partial charge on any atom is 0.415 e. The molecule has 0 radical (unpaired) electrons. The zero-order valence-corrected chi connectivity index (χ0v) is 11.4. The fourth-order valence-corrected chi connectivity index (χ4v) is 2.48. The molecular weight excluding hydrogens is 299 g/mol. The molecule has 1 atom stereocenters. The molecule has 0 amide bonds. The average molecular weight is 311 g/mol. The molecule has 1 aromatic rings. The first kappa shape index (κ1) is 16.4. The molecule has 0 spiro atoms. The number of ether oxygens (including phenoxy) is 1. The minimum absolute atomic E-state index is 0.374. The average Bonchev–Trinajstić information content (AvgIpc) is 2.34. The van der Waals surface area contributed by atoms with E-state index in [2.05, 4.69) is 4.74 Å². The minimum atomic E-state index is -5.09. The van der Waals surface area contributed by atoms with Gasteiger partial charge < -0.3 is 4.74 Å². The number of methoxy groups -OCH3 is 1. The standard InChI is InChI=1S/C11H12F3NO4S/c1-7-3-5-8(6-4-7)20(17,18)15-9(10(16)19-2)11(12,13)14/h3-6,9,15H,1-2H3. The van der Waals surface area contributed by atoms with Gasteiger partial charge in [-0.15, -0.1) is 0 Å². The molecule has 0 aliphatic heterocycles. The molecule has 0 aliphatic carbocycles. The van der Waals surface area contributed by atoms with Crippen LogP contribution < -0.4 is 4.72 Å². The Labute approximate surface area is 113 Å². The number of sulfonamides is 1. The lowest BCUT2D eigenvalue weighted by Gasteiger charge is -2.19. The number of esters is 1. The number of halogens is 3. The van der Waals surface area contributed by atoms with Crippen molar-refractivity contribution in [3.8, 4) is 0 Å². The Morgan fingerprint density at radius 2 is 1.75 bits per heavy atom. The molecule has 1 N–H and O–H groups in total. The Balaban J connectivity index is 3.09. The molecule has 20 heavy (non-hydrogen) atoms. The minimum Gasteiger partial charge on any atom is -0.468 e. The second kappa shape index (κ2) is 5.80. The van der Waals surface area contributed by atoms with Gasteiger partial charge in [0.25, 0.3) is 0 Å². The quantitative estimate of drug-likeness (QED) is 0.853. The van der Waals surface area contributed by atoms with Crippen LogP contribution in [0.5, 0.6) is 0 Å². The molecule has 9 heteroatoms. The molecule has 1 aromatic carbocycles. The van der Waals surface area contributed by atoms with Gasteiger partial charge in [0.2, 0.25) is 16.1 Å². The highest BCUT2D eigenvalue weighted by Gasteiger charge is 2.48. The van der Waals surface area contributed by atoms with E-state index in [0.29, 0.717) is 0 Å². The van der Waals surface area contributed by atoms with E-state index in [1.807, 2.05) is 0 Å². The number of hydrogen-bond acceptors (Lipinski definition) is 4. The van der Waals surface area contributed by atoms with Crippen LogP contribution in [0.15, 0.2) is 29.2 Å². The van der Waals surface area contributed by atoms with Crippen LogP contribution in [0.3, 0.4) is 0 Å². The predicted octanol–water partition coefficient (Wildman–Crippen LogP) is 1.38. The van der Waals surface area contributed by atoms with Crippen molar-refractivity contribution in [2.45, 2.75) is 24.0 Å². The van der Waals surface area contributed by atoms with E-state index in [9.17, 15) is 26.4 Å². The fraction of sp³-hybridized carbons (Fsp3) is 0.364. The molecule has 1 rings (SSSR count). The lowest BCUT2D eigenvalue weighted by molar-refractivity contribution is -0.179. The van der Waals surface area contributed by atoms with Crippen molar-refractivity contribution in [2.24, 2.45) is 0 Å². The number of hydrogen-bond donors (Lipinski definition) is 1. The van der Waals surface area contributed by atoms with Crippen molar-refractivity contribution in [3.63, 3.8) is 0 Å². The van der Waals surface area contributed by atoms with Crippen LogP contribution in [0.4, 0.5) is 13.2 Å². The second-order valence-electron chi connectivity index (χ2n) is 3.93. The van der Waals surface area contributed by atoms with Gasteiger partial charge in [-0.2, -0.15) is 17.9 Å². The van der Waals surface area contributed by atoms with E-state index in [-0.39, 0.29) is 4.90 Å². The van der Waals surface area contributed by atoms with Crippen molar-refractivity contribution in [1.82, 2.24) is 4.72 Å². The summed E-state index contributed by atoms with van der Waals surface area (Å²) in [6.07, 6.45) is -5.09. The van der Waals surface area contributed by atoms with Gasteiger partial charge in [-0.3, -0.25) is 0 Å². The summed E-state index contributed by atoms with van der Waals surface area (Å²) in [4.78, 5) is 10.7. The molecule has 0 saturated heterocycles.